The second-order valence-corrected chi connectivity index (χ2v) is 5.89. The Kier molecular flexibility index (Phi) is 4.88. The molecule has 7 nitrogen and oxygen atoms in total. The van der Waals surface area contributed by atoms with Crippen molar-refractivity contribution in [3.63, 3.8) is 0 Å². The van der Waals surface area contributed by atoms with Gasteiger partial charge in [-0.2, -0.15) is 0 Å². The van der Waals surface area contributed by atoms with Gasteiger partial charge >= 0.3 is 0 Å². The minimum absolute atomic E-state index is 0.0758. The first-order chi connectivity index (χ1) is 12.5. The molecule has 0 radical (unpaired) electrons. The van der Waals surface area contributed by atoms with Crippen molar-refractivity contribution in [2.75, 3.05) is 35.0 Å². The fourth-order valence-corrected chi connectivity index (χ4v) is 3.21. The van der Waals surface area contributed by atoms with Crippen LogP contribution in [0.5, 0.6) is 17.2 Å². The summed E-state index contributed by atoms with van der Waals surface area (Å²) < 4.78 is 26.5. The summed E-state index contributed by atoms with van der Waals surface area (Å²) in [6.07, 6.45) is 1.84. The molecule has 0 N–H and O–H groups in total. The van der Waals surface area contributed by atoms with Crippen molar-refractivity contribution in [2.24, 2.45) is 5.92 Å². The molecule has 1 aromatic rings. The molecule has 1 aliphatic carbocycles. The predicted molar refractivity (Wildman–Crippen MR) is 91.4 cm³/mol. The molecule has 3 rings (SSSR count). The van der Waals surface area contributed by atoms with Crippen LogP contribution in [-0.2, 0) is 25.5 Å². The van der Waals surface area contributed by atoms with Crippen molar-refractivity contribution in [1.29, 1.82) is 0 Å². The summed E-state index contributed by atoms with van der Waals surface area (Å²) in [5, 5.41) is 0. The average Bonchev–Trinajstić information content (AvgIpc) is 2.67. The third-order valence-electron chi connectivity index (χ3n) is 4.51. The third kappa shape index (κ3) is 2.89. The minimum Gasteiger partial charge on any atom is -0.493 e. The number of hydrogen-bond donors (Lipinski definition) is 0. The lowest BCUT2D eigenvalue weighted by Gasteiger charge is -2.29. The number of carbonyl (C=O) groups excluding carboxylic acids is 2. The lowest BCUT2D eigenvalue weighted by molar-refractivity contribution is -0.121. The van der Waals surface area contributed by atoms with Gasteiger partial charge in [-0.3, -0.25) is 9.59 Å². The quantitative estimate of drug-likeness (QED) is 0.741. The van der Waals surface area contributed by atoms with E-state index < -0.39 is 5.78 Å². The smallest absolute Gasteiger partial charge is 0.228 e. The maximum absolute atomic E-state index is 12.7. The second-order valence-electron chi connectivity index (χ2n) is 5.89. The van der Waals surface area contributed by atoms with Gasteiger partial charge in [0.05, 0.1) is 35.0 Å². The highest BCUT2D eigenvalue weighted by Gasteiger charge is 2.36. The molecule has 0 aromatic heterocycles. The van der Waals surface area contributed by atoms with Gasteiger partial charge in [0.1, 0.15) is 5.75 Å². The van der Waals surface area contributed by atoms with Crippen molar-refractivity contribution in [1.82, 2.24) is 0 Å². The number of methoxy groups -OCH3 is 4. The average molecular weight is 360 g/mol. The molecule has 0 spiro atoms. The topological polar surface area (TPSA) is 80.3 Å². The molecular formula is C19H20O7. The largest absolute Gasteiger partial charge is 0.493 e. The summed E-state index contributed by atoms with van der Waals surface area (Å²) in [5.74, 6) is 0.642. The van der Waals surface area contributed by atoms with Gasteiger partial charge in [-0.25, -0.2) is 0 Å². The highest BCUT2D eigenvalue weighted by atomic mass is 16.5. The molecule has 0 saturated carbocycles. The normalized spacial score (nSPS) is 19.4. The van der Waals surface area contributed by atoms with E-state index in [0.717, 1.165) is 5.56 Å². The minimum atomic E-state index is -0.392. The van der Waals surface area contributed by atoms with Crippen LogP contribution in [0.15, 0.2) is 35.3 Å². The highest BCUT2D eigenvalue weighted by molar-refractivity contribution is 6.21. The first kappa shape index (κ1) is 17.8. The molecule has 0 amide bonds. The Morgan fingerprint density at radius 3 is 2.19 bits per heavy atom. The van der Waals surface area contributed by atoms with Crippen molar-refractivity contribution >= 4 is 11.6 Å². The van der Waals surface area contributed by atoms with E-state index >= 15 is 0 Å². The van der Waals surface area contributed by atoms with Crippen LogP contribution in [0.4, 0.5) is 0 Å². The Bertz CT molecular complexity index is 819. The van der Waals surface area contributed by atoms with E-state index in [9.17, 15) is 9.59 Å². The first-order valence-corrected chi connectivity index (χ1v) is 8.04. The molecule has 0 saturated heterocycles. The molecule has 26 heavy (non-hydrogen) atoms. The number of hydrogen-bond acceptors (Lipinski definition) is 7. The van der Waals surface area contributed by atoms with Crippen LogP contribution in [-0.4, -0.2) is 46.6 Å². The fourth-order valence-electron chi connectivity index (χ4n) is 3.21. The summed E-state index contributed by atoms with van der Waals surface area (Å²) in [5.41, 5.74) is 1.23. The predicted octanol–water partition coefficient (Wildman–Crippen LogP) is 1.84. The molecule has 1 aliphatic heterocycles. The highest BCUT2D eigenvalue weighted by Crippen LogP contribution is 2.40. The Hall–Kier alpha value is -2.96. The molecule has 2 aliphatic rings. The Morgan fingerprint density at radius 1 is 0.923 bits per heavy atom. The number of allylic oxidation sites excluding steroid dienone is 2. The van der Waals surface area contributed by atoms with Gasteiger partial charge < -0.3 is 23.7 Å². The van der Waals surface area contributed by atoms with E-state index in [-0.39, 0.29) is 29.8 Å². The van der Waals surface area contributed by atoms with E-state index in [4.69, 9.17) is 23.7 Å². The van der Waals surface area contributed by atoms with Gasteiger partial charge in [-0.15, -0.1) is 0 Å². The van der Waals surface area contributed by atoms with Crippen molar-refractivity contribution in [3.8, 4) is 17.2 Å². The number of Topliss-reactive ketones (excluding diaryl/α,β-unsaturated/α-hetero) is 1. The van der Waals surface area contributed by atoms with Gasteiger partial charge in [0.2, 0.25) is 23.1 Å². The Labute approximate surface area is 151 Å². The van der Waals surface area contributed by atoms with E-state index in [1.165, 1.54) is 20.3 Å². The summed E-state index contributed by atoms with van der Waals surface area (Å²) in [4.78, 5) is 25.0. The van der Waals surface area contributed by atoms with Crippen LogP contribution in [0, 0.1) is 5.92 Å². The summed E-state index contributed by atoms with van der Waals surface area (Å²) in [7, 11) is 5.78. The number of rotatable bonds is 5. The number of benzene rings is 1. The molecule has 1 aromatic carbocycles. The van der Waals surface area contributed by atoms with Gasteiger partial charge in [0.25, 0.3) is 0 Å². The van der Waals surface area contributed by atoms with Crippen molar-refractivity contribution in [2.45, 2.75) is 6.42 Å². The summed E-state index contributed by atoms with van der Waals surface area (Å²) >= 11 is 0. The van der Waals surface area contributed by atoms with Crippen LogP contribution in [0.2, 0.25) is 0 Å². The van der Waals surface area contributed by atoms with E-state index in [1.807, 2.05) is 6.07 Å². The number of carbonyl (C=O) groups is 2. The van der Waals surface area contributed by atoms with Crippen LogP contribution in [0.3, 0.4) is 0 Å². The van der Waals surface area contributed by atoms with Gasteiger partial charge in [-0.05, 0) is 24.1 Å². The molecule has 138 valence electrons. The second kappa shape index (κ2) is 7.11. The van der Waals surface area contributed by atoms with Crippen molar-refractivity contribution in [3.05, 3.63) is 40.9 Å². The number of fused-ring (bicyclic) bond motifs is 1. The maximum Gasteiger partial charge on any atom is 0.228 e. The monoisotopic (exact) mass is 360 g/mol. The standard InChI is InChI=1S/C19H20O7/c1-22-15-6-10-5-11(9-26-14(10)8-16(15)23-2)12-7-13(20)18(24-3)19(25-4)17(12)21/h6-8,11H,5,9H2,1-4H3. The number of ether oxygens (including phenoxy) is 5. The number of ketones is 2. The zero-order chi connectivity index (χ0) is 18.8. The van der Waals surface area contributed by atoms with Gasteiger partial charge in [-0.1, -0.05) is 0 Å². The zero-order valence-electron chi connectivity index (χ0n) is 15.1. The molecule has 1 atom stereocenters. The SMILES string of the molecule is COC1=C(OC)C(=O)C(C2COc3cc(OC)c(OC)cc3C2)=CC1=O. The molecule has 0 fully saturated rings. The molecule has 7 heteroatoms. The van der Waals surface area contributed by atoms with Crippen molar-refractivity contribution < 1.29 is 33.3 Å². The van der Waals surface area contributed by atoms with E-state index in [1.54, 1.807) is 20.3 Å². The van der Waals surface area contributed by atoms with E-state index in [0.29, 0.717) is 29.2 Å². The first-order valence-electron chi connectivity index (χ1n) is 8.04. The van der Waals surface area contributed by atoms with E-state index in [2.05, 4.69) is 0 Å². The Morgan fingerprint density at radius 2 is 1.58 bits per heavy atom. The Balaban J connectivity index is 1.92. The third-order valence-corrected chi connectivity index (χ3v) is 4.51. The maximum atomic E-state index is 12.7. The van der Waals surface area contributed by atoms with Crippen LogP contribution >= 0.6 is 0 Å². The van der Waals surface area contributed by atoms with Gasteiger partial charge in [0.15, 0.2) is 11.5 Å². The fraction of sp³-hybridized carbons (Fsp3) is 0.368. The zero-order valence-corrected chi connectivity index (χ0v) is 15.1. The molecule has 1 heterocycles. The lowest BCUT2D eigenvalue weighted by Crippen LogP contribution is -2.31. The van der Waals surface area contributed by atoms with Crippen LogP contribution in [0.25, 0.3) is 0 Å². The molecular weight excluding hydrogens is 340 g/mol. The lowest BCUT2D eigenvalue weighted by atomic mass is 9.84. The molecule has 0 bridgehead atoms. The van der Waals surface area contributed by atoms with Crippen LogP contribution in [0.1, 0.15) is 5.56 Å². The summed E-state index contributed by atoms with van der Waals surface area (Å²) in [6, 6.07) is 3.58. The van der Waals surface area contributed by atoms with Gasteiger partial charge in [0, 0.05) is 17.6 Å². The molecule has 1 unspecified atom stereocenters. The summed E-state index contributed by atoms with van der Waals surface area (Å²) in [6.45, 7) is 0.270. The van der Waals surface area contributed by atoms with Crippen LogP contribution < -0.4 is 14.2 Å².